The van der Waals surface area contributed by atoms with Gasteiger partial charge in [0.05, 0.1) is 19.9 Å². The molecule has 0 unspecified atom stereocenters. The Morgan fingerprint density at radius 3 is 2.39 bits per heavy atom. The Morgan fingerprint density at radius 2 is 1.67 bits per heavy atom. The Kier molecular flexibility index (Phi) is 5.92. The number of rotatable bonds is 5. The van der Waals surface area contributed by atoms with E-state index < -0.39 is 5.82 Å². The van der Waals surface area contributed by atoms with E-state index in [-0.39, 0.29) is 11.3 Å². The lowest BCUT2D eigenvalue weighted by Gasteiger charge is -2.25. The van der Waals surface area contributed by atoms with Gasteiger partial charge in [-0.25, -0.2) is 4.39 Å². The summed E-state index contributed by atoms with van der Waals surface area (Å²) >= 11 is 0. The summed E-state index contributed by atoms with van der Waals surface area (Å²) in [6, 6.07) is 14.6. The highest BCUT2D eigenvalue weighted by Crippen LogP contribution is 2.40. The number of nitrogens with zero attached hydrogens (tertiary/aromatic N) is 2. The van der Waals surface area contributed by atoms with Gasteiger partial charge in [0.25, 0.3) is 5.56 Å². The molecule has 7 heteroatoms. The largest absolute Gasteiger partial charge is 0.494 e. The normalized spacial score (nSPS) is 12.8. The standard InChI is InChI=1S/C29H28FN3O3/c1-17-8-6-9-18(2)29(17)36-26-16-33(4)27(34)13-21(26)22-14-32(3)15-24-20(22)12-23(31-24)19-10-7-11-25(35-5)28(19)30/h6-14,16,31H,15H2,1-5H3. The van der Waals surface area contributed by atoms with Crippen LogP contribution in [0.15, 0.2) is 65.7 Å². The third-order valence-electron chi connectivity index (χ3n) is 6.52. The van der Waals surface area contributed by atoms with E-state index in [4.69, 9.17) is 9.47 Å². The quantitative estimate of drug-likeness (QED) is 0.390. The summed E-state index contributed by atoms with van der Waals surface area (Å²) < 4.78 is 28.2. The average Bonchev–Trinajstić information content (AvgIpc) is 3.27. The van der Waals surface area contributed by atoms with E-state index in [9.17, 15) is 4.79 Å². The third kappa shape index (κ3) is 4.06. The Morgan fingerprint density at radius 1 is 0.944 bits per heavy atom. The monoisotopic (exact) mass is 485 g/mol. The summed E-state index contributed by atoms with van der Waals surface area (Å²) in [5.41, 5.74) is 6.22. The van der Waals surface area contributed by atoms with Crippen molar-refractivity contribution in [2.75, 3.05) is 14.2 Å². The maximum absolute atomic E-state index is 15.1. The van der Waals surface area contributed by atoms with Crippen LogP contribution in [0.25, 0.3) is 16.8 Å². The number of pyridine rings is 1. The molecule has 0 saturated carbocycles. The first kappa shape index (κ1) is 23.5. The third-order valence-corrected chi connectivity index (χ3v) is 6.52. The number of aryl methyl sites for hydroxylation is 3. The van der Waals surface area contributed by atoms with Gasteiger partial charge in [0, 0.05) is 60.0 Å². The zero-order valence-corrected chi connectivity index (χ0v) is 21.0. The minimum absolute atomic E-state index is 0.149. The fourth-order valence-corrected chi connectivity index (χ4v) is 4.65. The van der Waals surface area contributed by atoms with E-state index in [1.54, 1.807) is 37.5 Å². The Labute approximate surface area is 209 Å². The van der Waals surface area contributed by atoms with Crippen molar-refractivity contribution in [2.45, 2.75) is 20.4 Å². The van der Waals surface area contributed by atoms with Gasteiger partial charge in [0.1, 0.15) is 5.75 Å². The zero-order valence-electron chi connectivity index (χ0n) is 21.0. The lowest BCUT2D eigenvalue weighted by Crippen LogP contribution is -2.20. The smallest absolute Gasteiger partial charge is 0.251 e. The molecule has 184 valence electrons. The summed E-state index contributed by atoms with van der Waals surface area (Å²) in [5.74, 6) is 1.09. The molecule has 0 amide bonds. The first-order valence-electron chi connectivity index (χ1n) is 11.7. The number of fused-ring (bicyclic) bond motifs is 1. The van der Waals surface area contributed by atoms with Gasteiger partial charge in [-0.1, -0.05) is 24.3 Å². The number of aromatic amines is 1. The van der Waals surface area contributed by atoms with Gasteiger partial charge in [-0.05, 0) is 43.2 Å². The van der Waals surface area contributed by atoms with Crippen LogP contribution < -0.4 is 15.0 Å². The molecule has 0 saturated heterocycles. The van der Waals surface area contributed by atoms with Gasteiger partial charge in [-0.15, -0.1) is 0 Å². The Bertz CT molecular complexity index is 1540. The highest BCUT2D eigenvalue weighted by molar-refractivity contribution is 5.86. The number of hydrogen-bond acceptors (Lipinski definition) is 4. The van der Waals surface area contributed by atoms with Crippen molar-refractivity contribution in [3.05, 3.63) is 105 Å². The molecule has 6 nitrogen and oxygen atoms in total. The van der Waals surface area contributed by atoms with Crippen LogP contribution in [-0.4, -0.2) is 28.6 Å². The molecule has 1 aliphatic heterocycles. The van der Waals surface area contributed by atoms with Crippen molar-refractivity contribution in [1.82, 2.24) is 14.5 Å². The lowest BCUT2D eigenvalue weighted by molar-refractivity contribution is 0.387. The molecular formula is C29H28FN3O3. The summed E-state index contributed by atoms with van der Waals surface area (Å²) in [5, 5.41) is 0. The molecule has 0 bridgehead atoms. The first-order chi connectivity index (χ1) is 17.3. The number of H-pyrrole nitrogens is 1. The van der Waals surface area contributed by atoms with Crippen LogP contribution in [0.5, 0.6) is 17.2 Å². The highest BCUT2D eigenvalue weighted by Gasteiger charge is 2.25. The maximum atomic E-state index is 15.1. The number of halogens is 1. The number of aromatic nitrogens is 2. The van der Waals surface area contributed by atoms with E-state index in [0.717, 1.165) is 33.7 Å². The minimum atomic E-state index is -0.426. The van der Waals surface area contributed by atoms with E-state index in [2.05, 4.69) is 4.98 Å². The van der Waals surface area contributed by atoms with E-state index in [1.165, 1.54) is 11.7 Å². The van der Waals surface area contributed by atoms with Crippen LogP contribution in [0.3, 0.4) is 0 Å². The van der Waals surface area contributed by atoms with E-state index in [0.29, 0.717) is 29.1 Å². The number of methoxy groups -OCH3 is 1. The van der Waals surface area contributed by atoms with Crippen LogP contribution in [0, 0.1) is 19.7 Å². The van der Waals surface area contributed by atoms with E-state index >= 15 is 4.39 Å². The highest BCUT2D eigenvalue weighted by atomic mass is 19.1. The molecule has 0 aliphatic carbocycles. The van der Waals surface area contributed by atoms with Crippen LogP contribution >= 0.6 is 0 Å². The van der Waals surface area contributed by atoms with Gasteiger partial charge in [-0.2, -0.15) is 0 Å². The van der Waals surface area contributed by atoms with E-state index in [1.807, 2.05) is 56.3 Å². The molecule has 36 heavy (non-hydrogen) atoms. The predicted octanol–water partition coefficient (Wildman–Crippen LogP) is 5.77. The van der Waals surface area contributed by atoms with Crippen molar-refractivity contribution in [2.24, 2.45) is 7.05 Å². The predicted molar refractivity (Wildman–Crippen MR) is 139 cm³/mol. The number of para-hydroxylation sites is 1. The summed E-state index contributed by atoms with van der Waals surface area (Å²) in [4.78, 5) is 18.2. The molecule has 1 N–H and O–H groups in total. The molecule has 0 atom stereocenters. The van der Waals surface area contributed by atoms with Crippen LogP contribution in [0.1, 0.15) is 27.9 Å². The molecule has 4 aromatic rings. The van der Waals surface area contributed by atoms with Gasteiger partial charge >= 0.3 is 0 Å². The fourth-order valence-electron chi connectivity index (χ4n) is 4.65. The second-order valence-electron chi connectivity index (χ2n) is 9.18. The van der Waals surface area contributed by atoms with Crippen LogP contribution in [-0.2, 0) is 13.6 Å². The molecule has 2 aromatic heterocycles. The summed E-state index contributed by atoms with van der Waals surface area (Å²) in [7, 11) is 5.12. The van der Waals surface area contributed by atoms with Gasteiger partial charge in [-0.3, -0.25) is 4.79 Å². The van der Waals surface area contributed by atoms with Crippen LogP contribution in [0.4, 0.5) is 4.39 Å². The summed E-state index contributed by atoms with van der Waals surface area (Å²) in [6.45, 7) is 4.61. The Balaban J connectivity index is 1.66. The topological polar surface area (TPSA) is 59.5 Å². The number of benzene rings is 2. The van der Waals surface area contributed by atoms with Gasteiger partial charge in [0.15, 0.2) is 17.3 Å². The number of hydrogen-bond donors (Lipinski definition) is 1. The molecule has 2 aromatic carbocycles. The van der Waals surface area contributed by atoms with Gasteiger partial charge in [0.2, 0.25) is 0 Å². The lowest BCUT2D eigenvalue weighted by atomic mass is 9.95. The first-order valence-corrected chi connectivity index (χ1v) is 11.7. The molecule has 3 heterocycles. The molecule has 0 spiro atoms. The second kappa shape index (κ2) is 9.07. The SMILES string of the molecule is COc1cccc(-c2cc3c([nH]2)CN(C)C=C3c2cc(=O)n(C)cc2Oc2c(C)cccc2C)c1F. The maximum Gasteiger partial charge on any atom is 0.251 e. The Hall–Kier alpha value is -4.26. The van der Waals surface area contributed by atoms with Crippen molar-refractivity contribution >= 4 is 5.57 Å². The molecular weight excluding hydrogens is 457 g/mol. The van der Waals surface area contributed by atoms with Crippen molar-refractivity contribution < 1.29 is 13.9 Å². The second-order valence-corrected chi connectivity index (χ2v) is 9.18. The molecule has 5 rings (SSSR count). The minimum Gasteiger partial charge on any atom is -0.494 e. The van der Waals surface area contributed by atoms with Gasteiger partial charge < -0.3 is 23.9 Å². The average molecular weight is 486 g/mol. The zero-order chi connectivity index (χ0) is 25.6. The summed E-state index contributed by atoms with van der Waals surface area (Å²) in [6.07, 6.45) is 3.71. The number of ether oxygens (including phenoxy) is 2. The fraction of sp³-hybridized carbons (Fsp3) is 0.207. The van der Waals surface area contributed by atoms with Crippen molar-refractivity contribution in [1.29, 1.82) is 0 Å². The van der Waals surface area contributed by atoms with Crippen LogP contribution in [0.2, 0.25) is 0 Å². The van der Waals surface area contributed by atoms with Crippen molar-refractivity contribution in [3.8, 4) is 28.5 Å². The van der Waals surface area contributed by atoms with Crippen molar-refractivity contribution in [3.63, 3.8) is 0 Å². The number of nitrogens with one attached hydrogen (secondary N) is 1. The molecule has 0 fully saturated rings. The molecule has 1 aliphatic rings. The molecule has 0 radical (unpaired) electrons.